The number of halogens is 4. The molecule has 0 heterocycles. The highest BCUT2D eigenvalue weighted by Gasteiger charge is 2.18. The van der Waals surface area contributed by atoms with E-state index in [0.717, 1.165) is 12.1 Å². The Labute approximate surface area is 122 Å². The Morgan fingerprint density at radius 1 is 1.14 bits per heavy atom. The van der Waals surface area contributed by atoms with Gasteiger partial charge in [0, 0.05) is 12.6 Å². The molecule has 0 unspecified atom stereocenters. The van der Waals surface area contributed by atoms with Crippen molar-refractivity contribution >= 4 is 23.0 Å². The maximum atomic E-state index is 13.5. The van der Waals surface area contributed by atoms with E-state index in [-0.39, 0.29) is 28.5 Å². The second-order valence-corrected chi connectivity index (χ2v) is 4.48. The standard InChI is InChI=1S/C13H8ClF3N2O2/c14-8-2-1-3-11(19(20)21)7(8)6-18-10-5-4-9(15)12(16)13(10)17/h1-5,18H,6H2. The van der Waals surface area contributed by atoms with Crippen molar-refractivity contribution in [2.24, 2.45) is 0 Å². The van der Waals surface area contributed by atoms with Crippen molar-refractivity contribution in [2.75, 3.05) is 5.32 Å². The minimum absolute atomic E-state index is 0.111. The zero-order chi connectivity index (χ0) is 15.6. The van der Waals surface area contributed by atoms with Gasteiger partial charge in [-0.15, -0.1) is 0 Å². The van der Waals surface area contributed by atoms with Gasteiger partial charge in [0.1, 0.15) is 0 Å². The van der Waals surface area contributed by atoms with Crippen LogP contribution in [0.1, 0.15) is 5.56 Å². The van der Waals surface area contributed by atoms with E-state index in [1.165, 1.54) is 18.2 Å². The minimum atomic E-state index is -1.62. The van der Waals surface area contributed by atoms with Crippen LogP contribution >= 0.6 is 11.6 Å². The van der Waals surface area contributed by atoms with E-state index < -0.39 is 22.4 Å². The average molecular weight is 317 g/mol. The predicted molar refractivity (Wildman–Crippen MR) is 71.7 cm³/mol. The van der Waals surface area contributed by atoms with Gasteiger partial charge in [-0.05, 0) is 18.2 Å². The SMILES string of the molecule is O=[N+]([O-])c1cccc(Cl)c1CNc1ccc(F)c(F)c1F. The van der Waals surface area contributed by atoms with Crippen LogP contribution in [0.2, 0.25) is 5.02 Å². The van der Waals surface area contributed by atoms with Gasteiger partial charge in [-0.25, -0.2) is 13.2 Å². The number of nitrogens with zero attached hydrogens (tertiary/aromatic N) is 1. The summed E-state index contributed by atoms with van der Waals surface area (Å²) < 4.78 is 39.4. The van der Waals surface area contributed by atoms with Crippen LogP contribution in [0.5, 0.6) is 0 Å². The molecule has 0 aliphatic carbocycles. The number of hydrogen-bond acceptors (Lipinski definition) is 3. The zero-order valence-corrected chi connectivity index (χ0v) is 11.1. The molecule has 0 amide bonds. The number of nitrogens with one attached hydrogen (secondary N) is 1. The van der Waals surface area contributed by atoms with Gasteiger partial charge in [0.05, 0.1) is 21.2 Å². The lowest BCUT2D eigenvalue weighted by Crippen LogP contribution is -2.06. The first-order valence-corrected chi connectivity index (χ1v) is 6.08. The molecule has 0 fully saturated rings. The highest BCUT2D eigenvalue weighted by atomic mass is 35.5. The maximum absolute atomic E-state index is 13.5. The fourth-order valence-electron chi connectivity index (χ4n) is 1.74. The summed E-state index contributed by atoms with van der Waals surface area (Å²) in [6.45, 7) is -0.210. The predicted octanol–water partition coefficient (Wildman–Crippen LogP) is 4.28. The molecule has 8 heteroatoms. The van der Waals surface area contributed by atoms with E-state index in [1.807, 2.05) is 0 Å². The largest absolute Gasteiger partial charge is 0.378 e. The van der Waals surface area contributed by atoms with Crippen molar-refractivity contribution in [3.8, 4) is 0 Å². The molecule has 0 saturated carbocycles. The molecule has 0 aromatic heterocycles. The molecule has 2 aromatic rings. The molecule has 110 valence electrons. The van der Waals surface area contributed by atoms with Crippen LogP contribution in [-0.2, 0) is 6.54 Å². The summed E-state index contributed by atoms with van der Waals surface area (Å²) in [6, 6.07) is 5.83. The van der Waals surface area contributed by atoms with Gasteiger partial charge in [0.25, 0.3) is 5.69 Å². The highest BCUT2D eigenvalue weighted by Crippen LogP contribution is 2.28. The molecule has 21 heavy (non-hydrogen) atoms. The van der Waals surface area contributed by atoms with E-state index >= 15 is 0 Å². The van der Waals surface area contributed by atoms with E-state index in [4.69, 9.17) is 11.6 Å². The van der Waals surface area contributed by atoms with Crippen LogP contribution in [0.25, 0.3) is 0 Å². The minimum Gasteiger partial charge on any atom is -0.378 e. The van der Waals surface area contributed by atoms with Gasteiger partial charge < -0.3 is 5.32 Å². The van der Waals surface area contributed by atoms with Crippen LogP contribution in [0.4, 0.5) is 24.5 Å². The number of hydrogen-bond donors (Lipinski definition) is 1. The van der Waals surface area contributed by atoms with Crippen LogP contribution in [0, 0.1) is 27.6 Å². The lowest BCUT2D eigenvalue weighted by molar-refractivity contribution is -0.385. The van der Waals surface area contributed by atoms with Gasteiger partial charge in [-0.1, -0.05) is 17.7 Å². The Balaban J connectivity index is 2.29. The van der Waals surface area contributed by atoms with E-state index in [2.05, 4.69) is 5.32 Å². The second kappa shape index (κ2) is 6.01. The van der Waals surface area contributed by atoms with Crippen molar-refractivity contribution < 1.29 is 18.1 Å². The van der Waals surface area contributed by atoms with Crippen LogP contribution in [-0.4, -0.2) is 4.92 Å². The molecule has 4 nitrogen and oxygen atoms in total. The van der Waals surface area contributed by atoms with Crippen molar-refractivity contribution in [1.82, 2.24) is 0 Å². The Bertz CT molecular complexity index is 710. The molecular weight excluding hydrogens is 309 g/mol. The molecular formula is C13H8ClF3N2O2. The summed E-state index contributed by atoms with van der Waals surface area (Å²) in [7, 11) is 0. The molecule has 0 radical (unpaired) electrons. The van der Waals surface area contributed by atoms with Crippen LogP contribution < -0.4 is 5.32 Å². The van der Waals surface area contributed by atoms with Gasteiger partial charge in [-0.3, -0.25) is 10.1 Å². The lowest BCUT2D eigenvalue weighted by Gasteiger charge is -2.10. The number of anilines is 1. The number of rotatable bonds is 4. The lowest BCUT2D eigenvalue weighted by atomic mass is 10.1. The van der Waals surface area contributed by atoms with Gasteiger partial charge in [0.2, 0.25) is 0 Å². The first-order chi connectivity index (χ1) is 9.91. The van der Waals surface area contributed by atoms with Crippen LogP contribution in [0.15, 0.2) is 30.3 Å². The highest BCUT2D eigenvalue weighted by molar-refractivity contribution is 6.31. The van der Waals surface area contributed by atoms with Crippen LogP contribution in [0.3, 0.4) is 0 Å². The Morgan fingerprint density at radius 3 is 2.52 bits per heavy atom. The first kappa shape index (κ1) is 15.1. The summed E-state index contributed by atoms with van der Waals surface area (Å²) in [6.07, 6.45) is 0. The second-order valence-electron chi connectivity index (χ2n) is 4.07. The number of benzene rings is 2. The monoisotopic (exact) mass is 316 g/mol. The fourth-order valence-corrected chi connectivity index (χ4v) is 1.98. The average Bonchev–Trinajstić information content (AvgIpc) is 2.45. The zero-order valence-electron chi connectivity index (χ0n) is 10.4. The fraction of sp³-hybridized carbons (Fsp3) is 0.0769. The Kier molecular flexibility index (Phi) is 4.32. The quantitative estimate of drug-likeness (QED) is 0.520. The van der Waals surface area contributed by atoms with Gasteiger partial charge >= 0.3 is 0 Å². The molecule has 2 aromatic carbocycles. The Morgan fingerprint density at radius 2 is 1.86 bits per heavy atom. The summed E-state index contributed by atoms with van der Waals surface area (Å²) in [5.74, 6) is -4.33. The first-order valence-electron chi connectivity index (χ1n) is 5.71. The van der Waals surface area contributed by atoms with Crippen molar-refractivity contribution in [2.45, 2.75) is 6.54 Å². The van der Waals surface area contributed by atoms with E-state index in [0.29, 0.717) is 0 Å². The smallest absolute Gasteiger partial charge is 0.275 e. The summed E-state index contributed by atoms with van der Waals surface area (Å²) in [5, 5.41) is 13.5. The Hall–Kier alpha value is -2.28. The molecule has 0 saturated heterocycles. The van der Waals surface area contributed by atoms with Crippen molar-refractivity contribution in [1.29, 1.82) is 0 Å². The molecule has 0 bridgehead atoms. The third-order valence-corrected chi connectivity index (χ3v) is 3.14. The third-order valence-electron chi connectivity index (χ3n) is 2.78. The van der Waals surface area contributed by atoms with E-state index in [1.54, 1.807) is 0 Å². The van der Waals surface area contributed by atoms with Crippen molar-refractivity contribution in [3.05, 3.63) is 68.5 Å². The molecule has 0 atom stereocenters. The third kappa shape index (κ3) is 3.08. The molecule has 1 N–H and O–H groups in total. The normalized spacial score (nSPS) is 10.5. The summed E-state index contributed by atoms with van der Waals surface area (Å²) in [4.78, 5) is 10.3. The molecule has 2 rings (SSSR count). The van der Waals surface area contributed by atoms with Gasteiger partial charge in [0.15, 0.2) is 17.5 Å². The van der Waals surface area contributed by atoms with Gasteiger partial charge in [-0.2, -0.15) is 0 Å². The van der Waals surface area contributed by atoms with E-state index in [9.17, 15) is 23.3 Å². The number of nitro benzene ring substituents is 1. The summed E-state index contributed by atoms with van der Waals surface area (Å²) in [5.41, 5.74) is -0.450. The maximum Gasteiger partial charge on any atom is 0.275 e. The topological polar surface area (TPSA) is 55.2 Å². The van der Waals surface area contributed by atoms with Crippen molar-refractivity contribution in [3.63, 3.8) is 0 Å². The summed E-state index contributed by atoms with van der Waals surface area (Å²) >= 11 is 5.86. The molecule has 0 aliphatic rings. The number of nitro groups is 1. The molecule has 0 aliphatic heterocycles. The molecule has 0 spiro atoms.